The zero-order chi connectivity index (χ0) is 29.8. The van der Waals surface area contributed by atoms with Gasteiger partial charge < -0.3 is 9.73 Å². The SMILES string of the molecule is CNC(=O)c1c(-c2ccc(C)cc2)oc2cc(N(C)S(C)(=O)=O)c(-c3ccc4c(c3)C(c3ccc(Cl)cc3)=NC4)cc12. The van der Waals surface area contributed by atoms with Crippen LogP contribution in [0.5, 0.6) is 0 Å². The van der Waals surface area contributed by atoms with Crippen molar-refractivity contribution in [2.75, 3.05) is 24.7 Å². The van der Waals surface area contributed by atoms with E-state index >= 15 is 0 Å². The number of nitrogens with one attached hydrogen (secondary N) is 1. The molecular weight excluding hydrogens is 570 g/mol. The molecule has 1 aliphatic rings. The van der Waals surface area contributed by atoms with Gasteiger partial charge in [0.1, 0.15) is 11.3 Å². The fourth-order valence-corrected chi connectivity index (χ4v) is 5.90. The Labute approximate surface area is 249 Å². The zero-order valence-electron chi connectivity index (χ0n) is 23.5. The second-order valence-electron chi connectivity index (χ2n) is 10.4. The number of benzene rings is 4. The van der Waals surface area contributed by atoms with Gasteiger partial charge in [-0.2, -0.15) is 0 Å². The molecule has 0 aliphatic carbocycles. The number of hydrogen-bond acceptors (Lipinski definition) is 5. The van der Waals surface area contributed by atoms with Crippen LogP contribution < -0.4 is 9.62 Å². The summed E-state index contributed by atoms with van der Waals surface area (Å²) >= 11 is 6.12. The molecule has 0 unspecified atom stereocenters. The lowest BCUT2D eigenvalue weighted by molar-refractivity contribution is 0.0964. The minimum atomic E-state index is -3.63. The maximum absolute atomic E-state index is 13.3. The monoisotopic (exact) mass is 597 g/mol. The third-order valence-corrected chi connectivity index (χ3v) is 9.06. The molecule has 5 aromatic rings. The first kappa shape index (κ1) is 27.8. The van der Waals surface area contributed by atoms with Gasteiger partial charge in [0.15, 0.2) is 0 Å². The van der Waals surface area contributed by atoms with Crippen LogP contribution in [0.1, 0.15) is 32.6 Å². The lowest BCUT2D eigenvalue weighted by atomic mass is 9.93. The molecule has 9 heteroatoms. The molecule has 0 saturated heterocycles. The Kier molecular flexibility index (Phi) is 6.91. The van der Waals surface area contributed by atoms with E-state index in [4.69, 9.17) is 21.0 Å². The quantitative estimate of drug-likeness (QED) is 0.232. The van der Waals surface area contributed by atoms with Crippen molar-refractivity contribution >= 4 is 49.9 Å². The molecular formula is C33H28ClN3O4S. The Balaban J connectivity index is 1.60. The highest BCUT2D eigenvalue weighted by molar-refractivity contribution is 7.92. The number of fused-ring (bicyclic) bond motifs is 2. The van der Waals surface area contributed by atoms with Crippen LogP contribution in [0.15, 0.2) is 88.3 Å². The molecule has 1 aliphatic heterocycles. The van der Waals surface area contributed by atoms with Crippen LogP contribution in [0, 0.1) is 6.92 Å². The number of carbonyl (C=O) groups is 1. The third kappa shape index (κ3) is 4.86. The number of aliphatic imine (C=N–C) groups is 1. The van der Waals surface area contributed by atoms with Crippen LogP contribution in [0.25, 0.3) is 33.4 Å². The summed E-state index contributed by atoms with van der Waals surface area (Å²) in [7, 11) is -0.544. The molecule has 0 saturated carbocycles. The van der Waals surface area contributed by atoms with Crippen LogP contribution in [0.2, 0.25) is 5.02 Å². The van der Waals surface area contributed by atoms with Gasteiger partial charge in [-0.3, -0.25) is 14.1 Å². The van der Waals surface area contributed by atoms with Crippen LogP contribution in [0.3, 0.4) is 0 Å². The van der Waals surface area contributed by atoms with E-state index in [0.717, 1.165) is 45.3 Å². The summed E-state index contributed by atoms with van der Waals surface area (Å²) in [4.78, 5) is 18.0. The van der Waals surface area contributed by atoms with Gasteiger partial charge in [0.2, 0.25) is 10.0 Å². The standard InChI is InChI=1S/C33H28ClN3O4S/c1-19-5-7-21(8-6-19)32-30(33(38)35-2)27-16-25(28(17-29(27)41-32)37(3)42(4,39)40)22-9-10-23-18-36-31(26(23)15-22)20-11-13-24(34)14-12-20/h5-17H,18H2,1-4H3,(H,35,38). The predicted octanol–water partition coefficient (Wildman–Crippen LogP) is 6.84. The number of aryl methyl sites for hydroxylation is 1. The zero-order valence-corrected chi connectivity index (χ0v) is 25.1. The van der Waals surface area contributed by atoms with Crippen molar-refractivity contribution in [1.82, 2.24) is 5.32 Å². The third-order valence-electron chi connectivity index (χ3n) is 7.61. The second-order valence-corrected chi connectivity index (χ2v) is 12.8. The average molecular weight is 598 g/mol. The van der Waals surface area contributed by atoms with E-state index in [0.29, 0.717) is 45.1 Å². The number of sulfonamides is 1. The van der Waals surface area contributed by atoms with E-state index in [1.54, 1.807) is 13.1 Å². The molecule has 1 N–H and O–H groups in total. The summed E-state index contributed by atoms with van der Waals surface area (Å²) in [6, 6.07) is 24.8. The molecule has 0 spiro atoms. The maximum atomic E-state index is 13.3. The molecule has 1 aromatic heterocycles. The van der Waals surface area contributed by atoms with Crippen molar-refractivity contribution in [2.24, 2.45) is 4.99 Å². The molecule has 0 atom stereocenters. The Morgan fingerprint density at radius 3 is 2.26 bits per heavy atom. The van der Waals surface area contributed by atoms with E-state index in [2.05, 4.69) is 5.32 Å². The van der Waals surface area contributed by atoms with Gasteiger partial charge in [0.25, 0.3) is 5.91 Å². The largest absolute Gasteiger partial charge is 0.455 e. The molecule has 0 bridgehead atoms. The van der Waals surface area contributed by atoms with Crippen LogP contribution in [0.4, 0.5) is 5.69 Å². The van der Waals surface area contributed by atoms with E-state index in [9.17, 15) is 13.2 Å². The summed E-state index contributed by atoms with van der Waals surface area (Å²) in [5, 5.41) is 3.96. The van der Waals surface area contributed by atoms with Crippen molar-refractivity contribution in [3.8, 4) is 22.5 Å². The normalized spacial score (nSPS) is 12.7. The maximum Gasteiger partial charge on any atom is 0.255 e. The van der Waals surface area contributed by atoms with Crippen molar-refractivity contribution in [3.05, 3.63) is 112 Å². The number of carbonyl (C=O) groups excluding carboxylic acids is 1. The second kappa shape index (κ2) is 10.5. The summed E-state index contributed by atoms with van der Waals surface area (Å²) in [6.45, 7) is 2.53. The topological polar surface area (TPSA) is 92.0 Å². The fourth-order valence-electron chi connectivity index (χ4n) is 5.27. The molecule has 7 nitrogen and oxygen atoms in total. The minimum absolute atomic E-state index is 0.300. The fraction of sp³-hybridized carbons (Fsp3) is 0.152. The summed E-state index contributed by atoms with van der Waals surface area (Å²) in [6.07, 6.45) is 1.16. The van der Waals surface area contributed by atoms with Gasteiger partial charge in [-0.1, -0.05) is 65.7 Å². The van der Waals surface area contributed by atoms with E-state index in [1.165, 1.54) is 11.4 Å². The minimum Gasteiger partial charge on any atom is -0.455 e. The van der Waals surface area contributed by atoms with Gasteiger partial charge >= 0.3 is 0 Å². The van der Waals surface area contributed by atoms with Crippen LogP contribution in [-0.4, -0.2) is 40.4 Å². The number of halogens is 1. The molecule has 0 radical (unpaired) electrons. The molecule has 1 amide bonds. The Hall–Kier alpha value is -4.40. The van der Waals surface area contributed by atoms with Crippen molar-refractivity contribution in [2.45, 2.75) is 13.5 Å². The van der Waals surface area contributed by atoms with Crippen molar-refractivity contribution in [3.63, 3.8) is 0 Å². The first-order chi connectivity index (χ1) is 20.0. The lowest BCUT2D eigenvalue weighted by Crippen LogP contribution is -2.25. The van der Waals surface area contributed by atoms with Gasteiger partial charge in [-0.25, -0.2) is 8.42 Å². The predicted molar refractivity (Wildman–Crippen MR) is 169 cm³/mol. The van der Waals surface area contributed by atoms with Gasteiger partial charge in [0, 0.05) is 52.8 Å². The Morgan fingerprint density at radius 1 is 0.929 bits per heavy atom. The lowest BCUT2D eigenvalue weighted by Gasteiger charge is -2.21. The summed E-state index contributed by atoms with van der Waals surface area (Å²) in [5.41, 5.74) is 8.29. The molecule has 212 valence electrons. The van der Waals surface area contributed by atoms with Crippen molar-refractivity contribution < 1.29 is 17.6 Å². The highest BCUT2D eigenvalue weighted by atomic mass is 35.5. The molecule has 4 aromatic carbocycles. The number of amides is 1. The summed E-state index contributed by atoms with van der Waals surface area (Å²) < 4.78 is 33.1. The summed E-state index contributed by atoms with van der Waals surface area (Å²) in [5.74, 6) is 0.117. The van der Waals surface area contributed by atoms with Gasteiger partial charge in [-0.15, -0.1) is 0 Å². The molecule has 42 heavy (non-hydrogen) atoms. The first-order valence-corrected chi connectivity index (χ1v) is 15.6. The Morgan fingerprint density at radius 2 is 1.60 bits per heavy atom. The molecule has 6 rings (SSSR count). The Bertz CT molecular complexity index is 2010. The van der Waals surface area contributed by atoms with E-state index in [1.807, 2.05) is 79.7 Å². The molecule has 0 fully saturated rings. The highest BCUT2D eigenvalue weighted by Gasteiger charge is 2.27. The van der Waals surface area contributed by atoms with Crippen LogP contribution in [-0.2, 0) is 16.6 Å². The molecule has 2 heterocycles. The number of anilines is 1. The van der Waals surface area contributed by atoms with E-state index < -0.39 is 10.0 Å². The number of hydrogen-bond donors (Lipinski definition) is 1. The number of rotatable bonds is 6. The average Bonchev–Trinajstić information content (AvgIpc) is 3.57. The van der Waals surface area contributed by atoms with Crippen molar-refractivity contribution in [1.29, 1.82) is 0 Å². The number of furan rings is 1. The number of nitrogens with zero attached hydrogens (tertiary/aromatic N) is 2. The van der Waals surface area contributed by atoms with Crippen LogP contribution >= 0.6 is 11.6 Å². The van der Waals surface area contributed by atoms with Gasteiger partial charge in [0.05, 0.1) is 29.8 Å². The first-order valence-electron chi connectivity index (χ1n) is 13.3. The van der Waals surface area contributed by atoms with E-state index in [-0.39, 0.29) is 5.91 Å². The smallest absolute Gasteiger partial charge is 0.255 e. The highest BCUT2D eigenvalue weighted by Crippen LogP contribution is 2.42. The van der Waals surface area contributed by atoms with Gasteiger partial charge in [-0.05, 0) is 42.3 Å².